The zero-order chi connectivity index (χ0) is 14.6. The number of alkyl halides is 3. The van der Waals surface area contributed by atoms with Gasteiger partial charge in [0.1, 0.15) is 11.6 Å². The second-order valence-corrected chi connectivity index (χ2v) is 4.04. The van der Waals surface area contributed by atoms with Crippen molar-refractivity contribution in [2.24, 2.45) is 0 Å². The molecule has 0 fully saturated rings. The summed E-state index contributed by atoms with van der Waals surface area (Å²) in [6.45, 7) is 0.0828. The SMILES string of the molecule is CN(C)C(=O)CN(C)c1ccc(OC(F)(F)F)cn1. The molecule has 0 bridgehead atoms. The highest BCUT2D eigenvalue weighted by molar-refractivity contribution is 5.80. The first-order valence-corrected chi connectivity index (χ1v) is 5.32. The Labute approximate surface area is 108 Å². The van der Waals surface area contributed by atoms with Crippen molar-refractivity contribution in [3.05, 3.63) is 18.3 Å². The lowest BCUT2D eigenvalue weighted by atomic mass is 10.4. The Hall–Kier alpha value is -1.99. The van der Waals surface area contributed by atoms with Gasteiger partial charge in [-0.1, -0.05) is 0 Å². The van der Waals surface area contributed by atoms with Crippen LogP contribution in [0.3, 0.4) is 0 Å². The number of hydrogen-bond acceptors (Lipinski definition) is 4. The number of rotatable bonds is 4. The summed E-state index contributed by atoms with van der Waals surface area (Å²) in [5.74, 6) is -0.159. The van der Waals surface area contributed by atoms with E-state index in [9.17, 15) is 18.0 Å². The van der Waals surface area contributed by atoms with Crippen molar-refractivity contribution in [2.75, 3.05) is 32.6 Å². The number of carbonyl (C=O) groups is 1. The number of hydrogen-bond donors (Lipinski definition) is 0. The Morgan fingerprint density at radius 2 is 1.95 bits per heavy atom. The molecule has 1 heterocycles. The van der Waals surface area contributed by atoms with Crippen LogP contribution in [0.4, 0.5) is 19.0 Å². The van der Waals surface area contributed by atoms with Gasteiger partial charge in [0.15, 0.2) is 0 Å². The summed E-state index contributed by atoms with van der Waals surface area (Å²) in [5.41, 5.74) is 0. The Balaban J connectivity index is 2.68. The highest BCUT2D eigenvalue weighted by atomic mass is 19.4. The summed E-state index contributed by atoms with van der Waals surface area (Å²) in [7, 11) is 4.85. The number of carbonyl (C=O) groups excluding carboxylic acids is 1. The van der Waals surface area contributed by atoms with Crippen LogP contribution in [0.25, 0.3) is 0 Å². The van der Waals surface area contributed by atoms with E-state index in [-0.39, 0.29) is 12.5 Å². The number of nitrogens with zero attached hydrogens (tertiary/aromatic N) is 3. The number of halogens is 3. The Kier molecular flexibility index (Phi) is 4.57. The van der Waals surface area contributed by atoms with Crippen LogP contribution in [0.1, 0.15) is 0 Å². The Morgan fingerprint density at radius 3 is 2.37 bits per heavy atom. The summed E-state index contributed by atoms with van der Waals surface area (Å²) in [4.78, 5) is 18.2. The average molecular weight is 277 g/mol. The molecule has 5 nitrogen and oxygen atoms in total. The minimum Gasteiger partial charge on any atom is -0.404 e. The average Bonchev–Trinajstić information content (AvgIpc) is 2.27. The van der Waals surface area contributed by atoms with Crippen LogP contribution in [-0.4, -0.2) is 49.8 Å². The molecule has 1 rings (SSSR count). The first kappa shape index (κ1) is 15.1. The van der Waals surface area contributed by atoms with Gasteiger partial charge in [0, 0.05) is 21.1 Å². The fourth-order valence-electron chi connectivity index (χ4n) is 1.22. The molecule has 0 saturated heterocycles. The van der Waals surface area contributed by atoms with Crippen molar-refractivity contribution < 1.29 is 22.7 Å². The van der Waals surface area contributed by atoms with E-state index < -0.39 is 12.1 Å². The van der Waals surface area contributed by atoms with Crippen LogP contribution < -0.4 is 9.64 Å². The predicted octanol–water partition coefficient (Wildman–Crippen LogP) is 1.50. The highest BCUT2D eigenvalue weighted by Gasteiger charge is 2.31. The quantitative estimate of drug-likeness (QED) is 0.836. The van der Waals surface area contributed by atoms with E-state index in [2.05, 4.69) is 9.72 Å². The summed E-state index contributed by atoms with van der Waals surface area (Å²) in [5, 5.41) is 0. The van der Waals surface area contributed by atoms with Crippen LogP contribution in [0.5, 0.6) is 5.75 Å². The molecule has 0 atom stereocenters. The maximum Gasteiger partial charge on any atom is 0.573 e. The Bertz CT molecular complexity index is 432. The van der Waals surface area contributed by atoms with Crippen LogP contribution in [0.2, 0.25) is 0 Å². The molecule has 0 aromatic carbocycles. The third kappa shape index (κ3) is 5.02. The molecule has 0 N–H and O–H groups in total. The fraction of sp³-hybridized carbons (Fsp3) is 0.455. The minimum atomic E-state index is -4.74. The standard InChI is InChI=1S/C11H14F3N3O2/c1-16(2)10(18)7-17(3)9-5-4-8(6-15-9)19-11(12,13)14/h4-6H,7H2,1-3H3. The van der Waals surface area contributed by atoms with E-state index in [1.807, 2.05) is 0 Å². The maximum atomic E-state index is 12.0. The number of likely N-dealkylation sites (N-methyl/N-ethyl adjacent to an activating group) is 2. The van der Waals surface area contributed by atoms with Gasteiger partial charge in [-0.05, 0) is 12.1 Å². The lowest BCUT2D eigenvalue weighted by Gasteiger charge is -2.20. The highest BCUT2D eigenvalue weighted by Crippen LogP contribution is 2.23. The molecule has 19 heavy (non-hydrogen) atoms. The summed E-state index contributed by atoms with van der Waals surface area (Å²) in [6.07, 6.45) is -3.78. The van der Waals surface area contributed by atoms with E-state index in [0.29, 0.717) is 5.82 Å². The number of amides is 1. The van der Waals surface area contributed by atoms with Gasteiger partial charge < -0.3 is 14.5 Å². The van der Waals surface area contributed by atoms with Crippen molar-refractivity contribution in [1.82, 2.24) is 9.88 Å². The van der Waals surface area contributed by atoms with E-state index in [4.69, 9.17) is 0 Å². The second kappa shape index (κ2) is 5.77. The lowest BCUT2D eigenvalue weighted by molar-refractivity contribution is -0.274. The van der Waals surface area contributed by atoms with Gasteiger partial charge >= 0.3 is 6.36 Å². The number of anilines is 1. The molecule has 0 unspecified atom stereocenters. The number of pyridine rings is 1. The minimum absolute atomic E-state index is 0.0828. The molecule has 0 spiro atoms. The predicted molar refractivity (Wildman–Crippen MR) is 62.9 cm³/mol. The molecule has 1 amide bonds. The maximum absolute atomic E-state index is 12.0. The summed E-state index contributed by atoms with van der Waals surface area (Å²) in [6, 6.07) is 2.50. The van der Waals surface area contributed by atoms with Crippen LogP contribution in [0.15, 0.2) is 18.3 Å². The molecule has 1 aromatic heterocycles. The molecular formula is C11H14F3N3O2. The van der Waals surface area contributed by atoms with Crippen LogP contribution in [-0.2, 0) is 4.79 Å². The van der Waals surface area contributed by atoms with Crippen LogP contribution >= 0.6 is 0 Å². The first-order chi connectivity index (χ1) is 8.69. The van der Waals surface area contributed by atoms with E-state index in [1.165, 1.54) is 15.9 Å². The first-order valence-electron chi connectivity index (χ1n) is 5.32. The molecule has 8 heteroatoms. The second-order valence-electron chi connectivity index (χ2n) is 4.04. The molecule has 0 aliphatic heterocycles. The van der Waals surface area contributed by atoms with Crippen molar-refractivity contribution in [3.63, 3.8) is 0 Å². The van der Waals surface area contributed by atoms with Gasteiger partial charge in [-0.2, -0.15) is 0 Å². The van der Waals surface area contributed by atoms with Crippen molar-refractivity contribution in [2.45, 2.75) is 6.36 Å². The van der Waals surface area contributed by atoms with Crippen molar-refractivity contribution in [3.8, 4) is 5.75 Å². The zero-order valence-corrected chi connectivity index (χ0v) is 10.7. The van der Waals surface area contributed by atoms with E-state index >= 15 is 0 Å². The summed E-state index contributed by atoms with van der Waals surface area (Å²) >= 11 is 0. The fourth-order valence-corrected chi connectivity index (χ4v) is 1.22. The number of ether oxygens (including phenoxy) is 1. The van der Waals surface area contributed by atoms with Gasteiger partial charge in [0.2, 0.25) is 5.91 Å². The van der Waals surface area contributed by atoms with Gasteiger partial charge in [0.25, 0.3) is 0 Å². The van der Waals surface area contributed by atoms with Crippen molar-refractivity contribution >= 4 is 11.7 Å². The molecule has 1 aromatic rings. The van der Waals surface area contributed by atoms with Gasteiger partial charge in [0.05, 0.1) is 12.7 Å². The zero-order valence-electron chi connectivity index (χ0n) is 10.7. The molecule has 0 aliphatic carbocycles. The van der Waals surface area contributed by atoms with Gasteiger partial charge in [-0.25, -0.2) is 4.98 Å². The topological polar surface area (TPSA) is 45.7 Å². The van der Waals surface area contributed by atoms with E-state index in [0.717, 1.165) is 12.3 Å². The Morgan fingerprint density at radius 1 is 1.32 bits per heavy atom. The summed E-state index contributed by atoms with van der Waals surface area (Å²) < 4.78 is 39.6. The largest absolute Gasteiger partial charge is 0.573 e. The molecule has 0 aliphatic rings. The number of aromatic nitrogens is 1. The van der Waals surface area contributed by atoms with Crippen molar-refractivity contribution in [1.29, 1.82) is 0 Å². The normalized spacial score (nSPS) is 11.1. The molecular weight excluding hydrogens is 263 g/mol. The van der Waals surface area contributed by atoms with Gasteiger partial charge in [-0.3, -0.25) is 4.79 Å². The lowest BCUT2D eigenvalue weighted by Crippen LogP contribution is -2.34. The monoisotopic (exact) mass is 277 g/mol. The molecule has 0 radical (unpaired) electrons. The third-order valence-electron chi connectivity index (χ3n) is 2.22. The van der Waals surface area contributed by atoms with E-state index in [1.54, 1.807) is 21.1 Å². The smallest absolute Gasteiger partial charge is 0.404 e. The van der Waals surface area contributed by atoms with Crippen LogP contribution in [0, 0.1) is 0 Å². The van der Waals surface area contributed by atoms with Gasteiger partial charge in [-0.15, -0.1) is 13.2 Å². The molecule has 106 valence electrons. The third-order valence-corrected chi connectivity index (χ3v) is 2.22. The molecule has 0 saturated carbocycles.